The molecule has 3 nitrogen and oxygen atoms in total. The number of aliphatic hydroxyl groups is 1. The van der Waals surface area contributed by atoms with Crippen LogP contribution in [0, 0.1) is 11.8 Å². The zero-order valence-electron chi connectivity index (χ0n) is 11.3. The Bertz CT molecular complexity index is 257. The maximum Gasteiger partial charge on any atom is 0.168 e. The van der Waals surface area contributed by atoms with Gasteiger partial charge in [-0.1, -0.05) is 19.3 Å². The van der Waals surface area contributed by atoms with Crippen LogP contribution in [0.5, 0.6) is 0 Å². The summed E-state index contributed by atoms with van der Waals surface area (Å²) in [4.78, 5) is 0. The summed E-state index contributed by atoms with van der Waals surface area (Å²) in [5, 5.41) is 10.5. The number of ether oxygens (including phenoxy) is 2. The molecule has 3 aliphatic rings. The minimum absolute atomic E-state index is 0.0796. The zero-order valence-corrected chi connectivity index (χ0v) is 11.3. The third-order valence-corrected chi connectivity index (χ3v) is 5.22. The molecule has 1 spiro atoms. The molecule has 18 heavy (non-hydrogen) atoms. The van der Waals surface area contributed by atoms with Crippen LogP contribution in [0.15, 0.2) is 0 Å². The van der Waals surface area contributed by atoms with Crippen LogP contribution in [0.2, 0.25) is 0 Å². The first kappa shape index (κ1) is 12.9. The van der Waals surface area contributed by atoms with Crippen LogP contribution in [-0.4, -0.2) is 30.2 Å². The number of hydrogen-bond donors (Lipinski definition) is 1. The molecule has 0 aromatic carbocycles. The largest absolute Gasteiger partial charge is 0.393 e. The second-order valence-electron chi connectivity index (χ2n) is 6.33. The van der Waals surface area contributed by atoms with E-state index >= 15 is 0 Å². The van der Waals surface area contributed by atoms with Gasteiger partial charge in [0.2, 0.25) is 0 Å². The van der Waals surface area contributed by atoms with Crippen molar-refractivity contribution < 1.29 is 14.6 Å². The second kappa shape index (κ2) is 5.48. The van der Waals surface area contributed by atoms with Gasteiger partial charge in [-0.3, -0.25) is 0 Å². The third-order valence-electron chi connectivity index (χ3n) is 5.22. The van der Waals surface area contributed by atoms with Gasteiger partial charge in [0.1, 0.15) is 0 Å². The van der Waals surface area contributed by atoms with E-state index in [4.69, 9.17) is 9.47 Å². The van der Waals surface area contributed by atoms with Gasteiger partial charge in [0, 0.05) is 12.8 Å². The van der Waals surface area contributed by atoms with Crippen molar-refractivity contribution >= 4 is 0 Å². The molecule has 1 aliphatic heterocycles. The van der Waals surface area contributed by atoms with Crippen molar-refractivity contribution in [1.82, 2.24) is 0 Å². The van der Waals surface area contributed by atoms with Crippen molar-refractivity contribution in [3.63, 3.8) is 0 Å². The van der Waals surface area contributed by atoms with E-state index < -0.39 is 0 Å². The average molecular weight is 254 g/mol. The zero-order chi connectivity index (χ0) is 12.4. The highest BCUT2D eigenvalue weighted by Gasteiger charge is 2.42. The van der Waals surface area contributed by atoms with Gasteiger partial charge in [-0.25, -0.2) is 0 Å². The Morgan fingerprint density at radius 1 is 0.833 bits per heavy atom. The fraction of sp³-hybridized carbons (Fsp3) is 1.00. The Hall–Kier alpha value is -0.120. The molecule has 3 rings (SSSR count). The highest BCUT2D eigenvalue weighted by Crippen LogP contribution is 2.42. The van der Waals surface area contributed by atoms with Crippen LogP contribution < -0.4 is 0 Å². The lowest BCUT2D eigenvalue weighted by Gasteiger charge is -2.39. The molecule has 0 aromatic heterocycles. The topological polar surface area (TPSA) is 38.7 Å². The molecule has 1 unspecified atom stereocenters. The van der Waals surface area contributed by atoms with Gasteiger partial charge in [-0.15, -0.1) is 0 Å². The van der Waals surface area contributed by atoms with Crippen LogP contribution in [0.25, 0.3) is 0 Å². The van der Waals surface area contributed by atoms with E-state index in [2.05, 4.69) is 0 Å². The van der Waals surface area contributed by atoms with Gasteiger partial charge < -0.3 is 14.6 Å². The SMILES string of the molecule is OC(C1CCCCC1)C1CCC2(CC1)OCCO2. The van der Waals surface area contributed by atoms with Gasteiger partial charge in [0.05, 0.1) is 19.3 Å². The minimum Gasteiger partial charge on any atom is -0.393 e. The van der Waals surface area contributed by atoms with Crippen molar-refractivity contribution in [3.8, 4) is 0 Å². The number of hydrogen-bond acceptors (Lipinski definition) is 3. The lowest BCUT2D eigenvalue weighted by atomic mass is 9.74. The van der Waals surface area contributed by atoms with Gasteiger partial charge in [0.25, 0.3) is 0 Å². The van der Waals surface area contributed by atoms with E-state index in [-0.39, 0.29) is 11.9 Å². The molecule has 1 heterocycles. The molecule has 1 N–H and O–H groups in total. The van der Waals surface area contributed by atoms with Crippen LogP contribution in [0.4, 0.5) is 0 Å². The first-order chi connectivity index (χ1) is 8.79. The van der Waals surface area contributed by atoms with Crippen molar-refractivity contribution in [3.05, 3.63) is 0 Å². The Morgan fingerprint density at radius 3 is 2.00 bits per heavy atom. The Labute approximate surface area is 110 Å². The second-order valence-corrected chi connectivity index (χ2v) is 6.33. The highest BCUT2D eigenvalue weighted by atomic mass is 16.7. The summed E-state index contributed by atoms with van der Waals surface area (Å²) < 4.78 is 11.5. The van der Waals surface area contributed by atoms with Crippen LogP contribution in [0.3, 0.4) is 0 Å². The van der Waals surface area contributed by atoms with Gasteiger partial charge in [-0.2, -0.15) is 0 Å². The summed E-state index contributed by atoms with van der Waals surface area (Å²) in [7, 11) is 0. The first-order valence-electron chi connectivity index (χ1n) is 7.75. The minimum atomic E-state index is -0.275. The molecule has 0 amide bonds. The van der Waals surface area contributed by atoms with E-state index in [0.29, 0.717) is 11.8 Å². The molecule has 104 valence electrons. The predicted octanol–water partition coefficient (Wildman–Crippen LogP) is 2.86. The fourth-order valence-corrected chi connectivity index (χ4v) is 4.07. The van der Waals surface area contributed by atoms with Gasteiger partial charge in [-0.05, 0) is 37.5 Å². The molecule has 1 saturated heterocycles. The van der Waals surface area contributed by atoms with E-state index in [0.717, 1.165) is 38.9 Å². The molecule has 2 aliphatic carbocycles. The number of rotatable bonds is 2. The normalized spacial score (nSPS) is 31.8. The molecule has 0 aromatic rings. The fourth-order valence-electron chi connectivity index (χ4n) is 4.07. The van der Waals surface area contributed by atoms with Crippen LogP contribution >= 0.6 is 0 Å². The van der Waals surface area contributed by atoms with E-state index in [9.17, 15) is 5.11 Å². The van der Waals surface area contributed by atoms with Crippen molar-refractivity contribution in [2.75, 3.05) is 13.2 Å². The standard InChI is InChI=1S/C15H26O3/c16-14(12-4-2-1-3-5-12)13-6-8-15(9-7-13)17-10-11-18-15/h12-14,16H,1-11H2. The van der Waals surface area contributed by atoms with Crippen LogP contribution in [-0.2, 0) is 9.47 Å². The molecule has 0 radical (unpaired) electrons. The van der Waals surface area contributed by atoms with Crippen LogP contribution in [0.1, 0.15) is 57.8 Å². The molecule has 2 saturated carbocycles. The van der Waals surface area contributed by atoms with Crippen molar-refractivity contribution in [1.29, 1.82) is 0 Å². The first-order valence-corrected chi connectivity index (χ1v) is 7.75. The molecule has 1 atom stereocenters. The quantitative estimate of drug-likeness (QED) is 0.823. The Kier molecular flexibility index (Phi) is 3.92. The maximum absolute atomic E-state index is 10.5. The summed E-state index contributed by atoms with van der Waals surface area (Å²) in [5.74, 6) is 0.762. The third kappa shape index (κ3) is 2.59. The Balaban J connectivity index is 1.52. The van der Waals surface area contributed by atoms with Gasteiger partial charge in [0.15, 0.2) is 5.79 Å². The summed E-state index contributed by atoms with van der Waals surface area (Å²) in [6.45, 7) is 1.49. The summed E-state index contributed by atoms with van der Waals surface area (Å²) in [6, 6.07) is 0. The van der Waals surface area contributed by atoms with Crippen molar-refractivity contribution in [2.24, 2.45) is 11.8 Å². The molecular formula is C15H26O3. The van der Waals surface area contributed by atoms with E-state index in [1.54, 1.807) is 0 Å². The lowest BCUT2D eigenvalue weighted by molar-refractivity contribution is -0.188. The smallest absolute Gasteiger partial charge is 0.168 e. The molecule has 0 bridgehead atoms. The van der Waals surface area contributed by atoms with E-state index in [1.165, 1.54) is 32.1 Å². The predicted molar refractivity (Wildman–Crippen MR) is 69.2 cm³/mol. The maximum atomic E-state index is 10.5. The van der Waals surface area contributed by atoms with E-state index in [1.807, 2.05) is 0 Å². The van der Waals surface area contributed by atoms with Gasteiger partial charge >= 0.3 is 0 Å². The lowest BCUT2D eigenvalue weighted by Crippen LogP contribution is -2.40. The Morgan fingerprint density at radius 2 is 1.39 bits per heavy atom. The molecule has 3 fully saturated rings. The molecule has 3 heteroatoms. The summed E-state index contributed by atoms with van der Waals surface area (Å²) in [5.41, 5.74) is 0. The summed E-state index contributed by atoms with van der Waals surface area (Å²) >= 11 is 0. The number of aliphatic hydroxyl groups excluding tert-OH is 1. The monoisotopic (exact) mass is 254 g/mol. The summed E-state index contributed by atoms with van der Waals surface area (Å²) in [6.07, 6.45) is 10.4. The molecular weight excluding hydrogens is 228 g/mol. The van der Waals surface area contributed by atoms with Crippen molar-refractivity contribution in [2.45, 2.75) is 69.7 Å². The highest BCUT2D eigenvalue weighted by molar-refractivity contribution is 4.87. The average Bonchev–Trinajstić information content (AvgIpc) is 2.88.